The Kier molecular flexibility index (Phi) is 3.26. The Labute approximate surface area is 66.4 Å². The number of hydrogen-bond acceptors (Lipinski definition) is 2. The molecule has 0 unspecified atom stereocenters. The topological polar surface area (TPSA) is 57.5 Å². The van der Waals surface area contributed by atoms with E-state index >= 15 is 0 Å². The van der Waals surface area contributed by atoms with Crippen molar-refractivity contribution in [1.29, 1.82) is 0 Å². The standard InChI is InChI=1S/C8H14O3/c1-4-5-6(2)8(3,11)7(9)10/h4-6,11H,1-3H3,(H,9,10)/b5-4+/t6-,8-/m0/s1. The first-order chi connectivity index (χ1) is 4.92. The minimum atomic E-state index is -1.66. The van der Waals surface area contributed by atoms with Crippen molar-refractivity contribution in [1.82, 2.24) is 0 Å². The number of carbonyl (C=O) groups is 1. The predicted octanol–water partition coefficient (Wildman–Crippen LogP) is 1.03. The van der Waals surface area contributed by atoms with Gasteiger partial charge in [-0.25, -0.2) is 4.79 Å². The molecule has 0 aliphatic rings. The van der Waals surface area contributed by atoms with E-state index in [1.165, 1.54) is 6.92 Å². The zero-order valence-electron chi connectivity index (χ0n) is 7.03. The molecule has 0 saturated carbocycles. The lowest BCUT2D eigenvalue weighted by atomic mass is 9.91. The van der Waals surface area contributed by atoms with Crippen molar-refractivity contribution in [3.8, 4) is 0 Å². The fraction of sp³-hybridized carbons (Fsp3) is 0.625. The molecule has 0 radical (unpaired) electrons. The van der Waals surface area contributed by atoms with E-state index in [1.54, 1.807) is 26.0 Å². The van der Waals surface area contributed by atoms with Gasteiger partial charge in [-0.2, -0.15) is 0 Å². The molecule has 11 heavy (non-hydrogen) atoms. The third kappa shape index (κ3) is 2.35. The molecule has 2 atom stereocenters. The van der Waals surface area contributed by atoms with E-state index in [4.69, 9.17) is 5.11 Å². The van der Waals surface area contributed by atoms with Crippen molar-refractivity contribution < 1.29 is 15.0 Å². The first-order valence-electron chi connectivity index (χ1n) is 3.51. The first-order valence-corrected chi connectivity index (χ1v) is 3.51. The second kappa shape index (κ2) is 3.53. The molecule has 0 saturated heterocycles. The summed E-state index contributed by atoms with van der Waals surface area (Å²) in [6, 6.07) is 0. The summed E-state index contributed by atoms with van der Waals surface area (Å²) < 4.78 is 0. The third-order valence-corrected chi connectivity index (χ3v) is 1.80. The largest absolute Gasteiger partial charge is 0.479 e. The zero-order chi connectivity index (χ0) is 9.07. The zero-order valence-corrected chi connectivity index (χ0v) is 7.03. The van der Waals surface area contributed by atoms with Crippen molar-refractivity contribution in [3.05, 3.63) is 12.2 Å². The minimum absolute atomic E-state index is 0.370. The van der Waals surface area contributed by atoms with E-state index in [1.807, 2.05) is 0 Å². The SMILES string of the molecule is C/C=C/[C@H](C)[C@](C)(O)C(=O)O. The van der Waals surface area contributed by atoms with Crippen molar-refractivity contribution in [2.24, 2.45) is 5.92 Å². The van der Waals surface area contributed by atoms with Crippen molar-refractivity contribution >= 4 is 5.97 Å². The molecule has 0 fully saturated rings. The van der Waals surface area contributed by atoms with Gasteiger partial charge < -0.3 is 10.2 Å². The highest BCUT2D eigenvalue weighted by Crippen LogP contribution is 2.17. The lowest BCUT2D eigenvalue weighted by molar-refractivity contribution is -0.159. The van der Waals surface area contributed by atoms with Crippen LogP contribution in [0, 0.1) is 5.92 Å². The predicted molar refractivity (Wildman–Crippen MR) is 42.2 cm³/mol. The van der Waals surface area contributed by atoms with Gasteiger partial charge in [-0.3, -0.25) is 0 Å². The Morgan fingerprint density at radius 1 is 1.64 bits per heavy atom. The smallest absolute Gasteiger partial charge is 0.335 e. The summed E-state index contributed by atoms with van der Waals surface area (Å²) in [5.74, 6) is -1.56. The van der Waals surface area contributed by atoms with Gasteiger partial charge in [0.05, 0.1) is 0 Å². The van der Waals surface area contributed by atoms with Crippen LogP contribution in [-0.4, -0.2) is 21.8 Å². The van der Waals surface area contributed by atoms with E-state index < -0.39 is 11.6 Å². The first kappa shape index (κ1) is 10.2. The summed E-state index contributed by atoms with van der Waals surface area (Å²) in [7, 11) is 0. The molecule has 64 valence electrons. The van der Waals surface area contributed by atoms with E-state index in [-0.39, 0.29) is 5.92 Å². The third-order valence-electron chi connectivity index (χ3n) is 1.80. The Balaban J connectivity index is 4.41. The molecular weight excluding hydrogens is 144 g/mol. The Hall–Kier alpha value is -0.830. The number of carboxylic acids is 1. The van der Waals surface area contributed by atoms with Gasteiger partial charge >= 0.3 is 5.97 Å². The second-order valence-electron chi connectivity index (χ2n) is 2.77. The van der Waals surface area contributed by atoms with Crippen LogP contribution < -0.4 is 0 Å². The van der Waals surface area contributed by atoms with E-state index in [2.05, 4.69) is 0 Å². The van der Waals surface area contributed by atoms with Crippen LogP contribution >= 0.6 is 0 Å². The summed E-state index contributed by atoms with van der Waals surface area (Å²) in [5, 5.41) is 17.9. The molecular formula is C8H14O3. The van der Waals surface area contributed by atoms with Crippen LogP contribution in [0.5, 0.6) is 0 Å². The van der Waals surface area contributed by atoms with Crippen LogP contribution in [0.25, 0.3) is 0 Å². The number of hydrogen-bond donors (Lipinski definition) is 2. The second-order valence-corrected chi connectivity index (χ2v) is 2.77. The summed E-state index contributed by atoms with van der Waals surface area (Å²) in [6.45, 7) is 4.74. The molecule has 0 amide bonds. The minimum Gasteiger partial charge on any atom is -0.479 e. The fourth-order valence-electron chi connectivity index (χ4n) is 0.671. The number of aliphatic hydroxyl groups is 1. The number of aliphatic carboxylic acids is 1. The monoisotopic (exact) mass is 158 g/mol. The van der Waals surface area contributed by atoms with E-state index in [0.717, 1.165) is 0 Å². The van der Waals surface area contributed by atoms with Crippen LogP contribution in [0.3, 0.4) is 0 Å². The average molecular weight is 158 g/mol. The molecule has 0 aromatic heterocycles. The molecule has 0 spiro atoms. The highest BCUT2D eigenvalue weighted by atomic mass is 16.4. The van der Waals surface area contributed by atoms with Gasteiger partial charge in [-0.15, -0.1) is 0 Å². The maximum atomic E-state index is 10.5. The Bertz CT molecular complexity index is 170. The summed E-state index contributed by atoms with van der Waals surface area (Å²) >= 11 is 0. The lowest BCUT2D eigenvalue weighted by Crippen LogP contribution is -2.40. The van der Waals surface area contributed by atoms with Crippen LogP contribution in [-0.2, 0) is 4.79 Å². The molecule has 0 heterocycles. The highest BCUT2D eigenvalue weighted by molar-refractivity contribution is 5.77. The molecule has 2 N–H and O–H groups in total. The van der Waals surface area contributed by atoms with E-state index in [9.17, 15) is 9.90 Å². The number of carboxylic acid groups (broad SMARTS) is 1. The molecule has 0 aromatic carbocycles. The molecule has 0 rings (SSSR count). The molecule has 0 bridgehead atoms. The van der Waals surface area contributed by atoms with Crippen LogP contribution in [0.1, 0.15) is 20.8 Å². The molecule has 3 nitrogen and oxygen atoms in total. The maximum absolute atomic E-state index is 10.5. The number of allylic oxidation sites excluding steroid dienone is 1. The van der Waals surface area contributed by atoms with Gasteiger partial charge in [-0.1, -0.05) is 19.1 Å². The fourth-order valence-corrected chi connectivity index (χ4v) is 0.671. The van der Waals surface area contributed by atoms with Crippen LogP contribution in [0.15, 0.2) is 12.2 Å². The van der Waals surface area contributed by atoms with Gasteiger partial charge in [0.15, 0.2) is 5.60 Å². The quantitative estimate of drug-likeness (QED) is 0.603. The summed E-state index contributed by atoms with van der Waals surface area (Å²) in [6.07, 6.45) is 3.39. The van der Waals surface area contributed by atoms with Crippen molar-refractivity contribution in [2.45, 2.75) is 26.4 Å². The summed E-state index contributed by atoms with van der Waals surface area (Å²) in [4.78, 5) is 10.5. The van der Waals surface area contributed by atoms with Gasteiger partial charge in [0, 0.05) is 5.92 Å². The maximum Gasteiger partial charge on any atom is 0.335 e. The molecule has 0 aromatic rings. The molecule has 0 aliphatic heterocycles. The molecule has 0 aliphatic carbocycles. The number of rotatable bonds is 3. The van der Waals surface area contributed by atoms with Gasteiger partial charge in [0.2, 0.25) is 0 Å². The lowest BCUT2D eigenvalue weighted by Gasteiger charge is -2.22. The van der Waals surface area contributed by atoms with E-state index in [0.29, 0.717) is 0 Å². The van der Waals surface area contributed by atoms with Gasteiger partial charge in [-0.05, 0) is 13.8 Å². The van der Waals surface area contributed by atoms with Gasteiger partial charge in [0.1, 0.15) is 0 Å². The highest BCUT2D eigenvalue weighted by Gasteiger charge is 2.34. The normalized spacial score (nSPS) is 19.6. The van der Waals surface area contributed by atoms with Gasteiger partial charge in [0.25, 0.3) is 0 Å². The average Bonchev–Trinajstić information content (AvgIpc) is 1.88. The summed E-state index contributed by atoms with van der Waals surface area (Å²) in [5.41, 5.74) is -1.66. The Morgan fingerprint density at radius 2 is 2.09 bits per heavy atom. The Morgan fingerprint density at radius 3 is 2.36 bits per heavy atom. The van der Waals surface area contributed by atoms with Crippen molar-refractivity contribution in [3.63, 3.8) is 0 Å². The van der Waals surface area contributed by atoms with Crippen LogP contribution in [0.2, 0.25) is 0 Å². The van der Waals surface area contributed by atoms with Crippen molar-refractivity contribution in [2.75, 3.05) is 0 Å². The van der Waals surface area contributed by atoms with Crippen LogP contribution in [0.4, 0.5) is 0 Å². The molecule has 3 heteroatoms.